The fourth-order valence-electron chi connectivity index (χ4n) is 2.92. The average Bonchev–Trinajstić information content (AvgIpc) is 2.86. The van der Waals surface area contributed by atoms with Crippen LogP contribution in [0.1, 0.15) is 25.8 Å². The van der Waals surface area contributed by atoms with Gasteiger partial charge in [0.1, 0.15) is 5.82 Å². The Bertz CT molecular complexity index is 616. The van der Waals surface area contributed by atoms with Crippen LogP contribution >= 0.6 is 24.8 Å². The van der Waals surface area contributed by atoms with Crippen molar-refractivity contribution in [3.8, 4) is 0 Å². The first-order chi connectivity index (χ1) is 12.4. The normalized spacial score (nSPS) is 15.8. The van der Waals surface area contributed by atoms with Crippen LogP contribution in [0.3, 0.4) is 0 Å². The number of nitrogens with one attached hydrogen (secondary N) is 1. The number of hydrogen-bond donors (Lipinski definition) is 2. The summed E-state index contributed by atoms with van der Waals surface area (Å²) >= 11 is 0. The highest BCUT2D eigenvalue weighted by Gasteiger charge is 2.22. The van der Waals surface area contributed by atoms with Crippen molar-refractivity contribution in [1.82, 2.24) is 15.1 Å². The van der Waals surface area contributed by atoms with Crippen molar-refractivity contribution in [2.45, 2.75) is 32.9 Å². The summed E-state index contributed by atoms with van der Waals surface area (Å²) in [5, 5.41) is 2.63. The van der Waals surface area contributed by atoms with Crippen LogP contribution in [0.4, 0.5) is 4.39 Å². The Morgan fingerprint density at radius 2 is 1.75 bits per heavy atom. The highest BCUT2D eigenvalue weighted by molar-refractivity contribution is 5.87. The van der Waals surface area contributed by atoms with E-state index in [1.54, 1.807) is 17.0 Å². The molecule has 6 nitrogen and oxygen atoms in total. The van der Waals surface area contributed by atoms with E-state index in [-0.39, 0.29) is 54.9 Å². The minimum atomic E-state index is -0.599. The molecule has 3 N–H and O–H groups in total. The quantitative estimate of drug-likeness (QED) is 0.712. The summed E-state index contributed by atoms with van der Waals surface area (Å²) in [6.45, 7) is 7.39. The molecule has 1 heterocycles. The van der Waals surface area contributed by atoms with Gasteiger partial charge < -0.3 is 16.0 Å². The lowest BCUT2D eigenvalue weighted by Crippen LogP contribution is -2.48. The Morgan fingerprint density at radius 3 is 2.36 bits per heavy atom. The highest BCUT2D eigenvalue weighted by Crippen LogP contribution is 2.10. The molecule has 0 aliphatic carbocycles. The van der Waals surface area contributed by atoms with E-state index in [4.69, 9.17) is 5.73 Å². The lowest BCUT2D eigenvalue weighted by atomic mass is 10.1. The molecular weight excluding hydrogens is 406 g/mol. The Balaban J connectivity index is 0.00000364. The SMILES string of the molecule is CC(C)[C@H](N)C(=O)NCC(=O)N1CCCN(Cc2ccc(F)cc2)CC1.Cl.Cl. The van der Waals surface area contributed by atoms with Crippen molar-refractivity contribution in [3.63, 3.8) is 0 Å². The molecule has 9 heteroatoms. The van der Waals surface area contributed by atoms with Crippen LogP contribution in [-0.2, 0) is 16.1 Å². The Kier molecular flexibility index (Phi) is 12.3. The van der Waals surface area contributed by atoms with Crippen molar-refractivity contribution in [3.05, 3.63) is 35.6 Å². The lowest BCUT2D eigenvalue weighted by Gasteiger charge is -2.23. The third-order valence-electron chi connectivity index (χ3n) is 4.70. The highest BCUT2D eigenvalue weighted by atomic mass is 35.5. The van der Waals surface area contributed by atoms with E-state index in [9.17, 15) is 14.0 Å². The van der Waals surface area contributed by atoms with Gasteiger partial charge in [-0.15, -0.1) is 24.8 Å². The summed E-state index contributed by atoms with van der Waals surface area (Å²) in [4.78, 5) is 28.3. The van der Waals surface area contributed by atoms with Gasteiger partial charge in [0.15, 0.2) is 0 Å². The molecule has 1 atom stereocenters. The summed E-state index contributed by atoms with van der Waals surface area (Å²) in [5.41, 5.74) is 6.84. The van der Waals surface area contributed by atoms with E-state index in [1.165, 1.54) is 12.1 Å². The molecule has 0 spiro atoms. The first-order valence-corrected chi connectivity index (χ1v) is 9.14. The number of amides is 2. The maximum atomic E-state index is 13.0. The van der Waals surface area contributed by atoms with Gasteiger partial charge in [-0.1, -0.05) is 26.0 Å². The first kappa shape index (κ1) is 26.6. The van der Waals surface area contributed by atoms with Gasteiger partial charge in [0, 0.05) is 32.7 Å². The summed E-state index contributed by atoms with van der Waals surface area (Å²) in [7, 11) is 0. The van der Waals surface area contributed by atoms with Crippen molar-refractivity contribution < 1.29 is 14.0 Å². The fourth-order valence-corrected chi connectivity index (χ4v) is 2.92. The molecule has 1 aliphatic rings. The topological polar surface area (TPSA) is 78.7 Å². The molecule has 0 aromatic heterocycles. The van der Waals surface area contributed by atoms with E-state index in [0.717, 1.165) is 31.6 Å². The zero-order valence-corrected chi connectivity index (χ0v) is 18.0. The van der Waals surface area contributed by atoms with Gasteiger partial charge in [0.25, 0.3) is 0 Å². The molecule has 1 fully saturated rings. The molecule has 0 radical (unpaired) electrons. The molecule has 0 bridgehead atoms. The second kappa shape index (κ2) is 12.9. The third-order valence-corrected chi connectivity index (χ3v) is 4.70. The molecule has 160 valence electrons. The van der Waals surface area contributed by atoms with Crippen LogP contribution in [0.2, 0.25) is 0 Å². The third kappa shape index (κ3) is 8.31. The van der Waals surface area contributed by atoms with Crippen molar-refractivity contribution in [2.75, 3.05) is 32.7 Å². The number of hydrogen-bond acceptors (Lipinski definition) is 4. The van der Waals surface area contributed by atoms with Crippen LogP contribution in [0.5, 0.6) is 0 Å². The zero-order valence-electron chi connectivity index (χ0n) is 16.4. The molecule has 1 aliphatic heterocycles. The van der Waals surface area contributed by atoms with E-state index in [2.05, 4.69) is 10.2 Å². The number of carbonyl (C=O) groups is 2. The van der Waals surface area contributed by atoms with Crippen LogP contribution in [0.15, 0.2) is 24.3 Å². The van der Waals surface area contributed by atoms with Crippen molar-refractivity contribution in [1.29, 1.82) is 0 Å². The predicted octanol–water partition coefficient (Wildman–Crippen LogP) is 1.80. The second-order valence-electron chi connectivity index (χ2n) is 7.12. The van der Waals surface area contributed by atoms with Gasteiger partial charge in [0.2, 0.25) is 11.8 Å². The molecule has 2 rings (SSSR count). The van der Waals surface area contributed by atoms with Crippen LogP contribution in [0, 0.1) is 11.7 Å². The Labute approximate surface area is 178 Å². The number of nitrogens with two attached hydrogens (primary N) is 1. The van der Waals surface area contributed by atoms with Crippen LogP contribution < -0.4 is 11.1 Å². The number of benzene rings is 1. The van der Waals surface area contributed by atoms with E-state index in [0.29, 0.717) is 13.1 Å². The van der Waals surface area contributed by atoms with Gasteiger partial charge in [-0.2, -0.15) is 0 Å². The fraction of sp³-hybridized carbons (Fsp3) is 0.579. The minimum absolute atomic E-state index is 0. The molecule has 1 saturated heterocycles. The maximum Gasteiger partial charge on any atom is 0.242 e. The van der Waals surface area contributed by atoms with Crippen LogP contribution in [0.25, 0.3) is 0 Å². The van der Waals surface area contributed by atoms with Gasteiger partial charge in [0.05, 0.1) is 12.6 Å². The van der Waals surface area contributed by atoms with Crippen molar-refractivity contribution in [2.24, 2.45) is 11.7 Å². The lowest BCUT2D eigenvalue weighted by molar-refractivity contribution is -0.133. The maximum absolute atomic E-state index is 13.0. The largest absolute Gasteiger partial charge is 0.346 e. The molecule has 2 amide bonds. The Morgan fingerprint density at radius 1 is 1.11 bits per heavy atom. The minimum Gasteiger partial charge on any atom is -0.346 e. The number of halogens is 3. The number of rotatable bonds is 6. The van der Waals surface area contributed by atoms with E-state index >= 15 is 0 Å². The molecule has 0 unspecified atom stereocenters. The standard InChI is InChI=1S/C19H29FN4O2.2ClH/c1-14(2)18(21)19(26)22-12-17(25)24-9-3-8-23(10-11-24)13-15-4-6-16(20)7-5-15;;/h4-7,14,18H,3,8-13,21H2,1-2H3,(H,22,26);2*1H/t18-;;/m0../s1. The Hall–Kier alpha value is -1.41. The molecule has 1 aromatic carbocycles. The summed E-state index contributed by atoms with van der Waals surface area (Å²) < 4.78 is 13.0. The molecule has 0 saturated carbocycles. The summed E-state index contributed by atoms with van der Waals surface area (Å²) in [5.74, 6) is -0.581. The van der Waals surface area contributed by atoms with Gasteiger partial charge >= 0.3 is 0 Å². The van der Waals surface area contributed by atoms with Crippen LogP contribution in [-0.4, -0.2) is 60.4 Å². The number of carbonyl (C=O) groups excluding carboxylic acids is 2. The van der Waals surface area contributed by atoms with E-state index in [1.807, 2.05) is 13.8 Å². The average molecular weight is 437 g/mol. The monoisotopic (exact) mass is 436 g/mol. The second-order valence-corrected chi connectivity index (χ2v) is 7.12. The molecule has 1 aromatic rings. The summed E-state index contributed by atoms with van der Waals surface area (Å²) in [6.07, 6.45) is 0.867. The van der Waals surface area contributed by atoms with Gasteiger partial charge in [-0.3, -0.25) is 14.5 Å². The molecular formula is C19H31Cl2FN4O2. The first-order valence-electron chi connectivity index (χ1n) is 9.14. The number of nitrogens with zero attached hydrogens (tertiary/aromatic N) is 2. The summed E-state index contributed by atoms with van der Waals surface area (Å²) in [6, 6.07) is 5.91. The zero-order chi connectivity index (χ0) is 19.1. The molecule has 28 heavy (non-hydrogen) atoms. The smallest absolute Gasteiger partial charge is 0.242 e. The van der Waals surface area contributed by atoms with Gasteiger partial charge in [-0.25, -0.2) is 4.39 Å². The van der Waals surface area contributed by atoms with E-state index < -0.39 is 6.04 Å². The van der Waals surface area contributed by atoms with Gasteiger partial charge in [-0.05, 0) is 30.0 Å². The van der Waals surface area contributed by atoms with Crippen molar-refractivity contribution >= 4 is 36.6 Å². The predicted molar refractivity (Wildman–Crippen MR) is 113 cm³/mol.